The zero-order valence-electron chi connectivity index (χ0n) is 17.0. The molecule has 31 heavy (non-hydrogen) atoms. The molecule has 0 radical (unpaired) electrons. The number of ether oxygens (including phenoxy) is 1. The van der Waals surface area contributed by atoms with Crippen LogP contribution in [0.4, 0.5) is 5.69 Å². The SMILES string of the molecule is COc1ccc(S(=O)(=O)N2CCC(C(=O)Nc3cccc4ccccc34)CC2)cc1Cl. The molecule has 6 nitrogen and oxygen atoms in total. The van der Waals surface area contributed by atoms with Gasteiger partial charge < -0.3 is 10.1 Å². The van der Waals surface area contributed by atoms with Crippen LogP contribution in [0.2, 0.25) is 5.02 Å². The van der Waals surface area contributed by atoms with Crippen LogP contribution in [0.25, 0.3) is 10.8 Å². The zero-order valence-corrected chi connectivity index (χ0v) is 18.6. The molecule has 162 valence electrons. The number of hydrogen-bond donors (Lipinski definition) is 1. The number of fused-ring (bicyclic) bond motifs is 1. The molecule has 1 saturated heterocycles. The molecule has 4 rings (SSSR count). The van der Waals surface area contributed by atoms with Gasteiger partial charge in [-0.3, -0.25) is 4.79 Å². The number of piperidine rings is 1. The van der Waals surface area contributed by atoms with Gasteiger partial charge in [0.15, 0.2) is 0 Å². The Labute approximate surface area is 186 Å². The lowest BCUT2D eigenvalue weighted by molar-refractivity contribution is -0.120. The highest BCUT2D eigenvalue weighted by molar-refractivity contribution is 7.89. The Morgan fingerprint density at radius 2 is 1.77 bits per heavy atom. The number of halogens is 1. The maximum atomic E-state index is 13.0. The van der Waals surface area contributed by atoms with E-state index in [1.165, 1.54) is 23.5 Å². The Hall–Kier alpha value is -2.61. The Kier molecular flexibility index (Phi) is 6.18. The number of rotatable bonds is 5. The van der Waals surface area contributed by atoms with Crippen LogP contribution < -0.4 is 10.1 Å². The molecular weight excluding hydrogens is 436 g/mol. The van der Waals surface area contributed by atoms with E-state index < -0.39 is 10.0 Å². The lowest BCUT2D eigenvalue weighted by Gasteiger charge is -2.30. The molecule has 1 N–H and O–H groups in total. The topological polar surface area (TPSA) is 75.7 Å². The molecule has 1 fully saturated rings. The number of carbonyl (C=O) groups excluding carboxylic acids is 1. The van der Waals surface area contributed by atoms with Crippen LogP contribution in [0.5, 0.6) is 5.75 Å². The van der Waals surface area contributed by atoms with E-state index in [4.69, 9.17) is 16.3 Å². The number of sulfonamides is 1. The third-order valence-electron chi connectivity index (χ3n) is 5.63. The average Bonchev–Trinajstić information content (AvgIpc) is 2.79. The fraction of sp³-hybridized carbons (Fsp3) is 0.261. The van der Waals surface area contributed by atoms with Gasteiger partial charge in [0.25, 0.3) is 0 Å². The first kappa shape index (κ1) is 21.6. The Morgan fingerprint density at radius 3 is 2.48 bits per heavy atom. The zero-order chi connectivity index (χ0) is 22.0. The van der Waals surface area contributed by atoms with Crippen molar-refractivity contribution in [3.05, 3.63) is 65.7 Å². The van der Waals surface area contributed by atoms with E-state index in [0.717, 1.165) is 16.5 Å². The fourth-order valence-electron chi connectivity index (χ4n) is 3.88. The summed E-state index contributed by atoms with van der Waals surface area (Å²) in [5.41, 5.74) is 0.769. The lowest BCUT2D eigenvalue weighted by Crippen LogP contribution is -2.41. The third kappa shape index (κ3) is 4.39. The minimum absolute atomic E-state index is 0.0825. The molecule has 0 unspecified atom stereocenters. The summed E-state index contributed by atoms with van der Waals surface area (Å²) in [5.74, 6) is 0.0928. The van der Waals surface area contributed by atoms with Gasteiger partial charge in [-0.1, -0.05) is 48.0 Å². The van der Waals surface area contributed by atoms with E-state index in [9.17, 15) is 13.2 Å². The van der Waals surface area contributed by atoms with Gasteiger partial charge in [-0.05, 0) is 42.5 Å². The highest BCUT2D eigenvalue weighted by Crippen LogP contribution is 2.31. The van der Waals surface area contributed by atoms with Crippen molar-refractivity contribution < 1.29 is 17.9 Å². The van der Waals surface area contributed by atoms with E-state index >= 15 is 0 Å². The first-order chi connectivity index (χ1) is 14.9. The predicted molar refractivity (Wildman–Crippen MR) is 122 cm³/mol. The summed E-state index contributed by atoms with van der Waals surface area (Å²) in [6.07, 6.45) is 0.916. The highest BCUT2D eigenvalue weighted by atomic mass is 35.5. The molecule has 1 aliphatic heterocycles. The van der Waals surface area contributed by atoms with Crippen molar-refractivity contribution in [1.29, 1.82) is 0 Å². The number of hydrogen-bond acceptors (Lipinski definition) is 4. The molecule has 0 atom stereocenters. The Bertz CT molecular complexity index is 1220. The second-order valence-corrected chi connectivity index (χ2v) is 9.84. The number of nitrogens with one attached hydrogen (secondary N) is 1. The van der Waals surface area contributed by atoms with Crippen molar-refractivity contribution in [2.75, 3.05) is 25.5 Å². The molecular formula is C23H23ClN2O4S. The smallest absolute Gasteiger partial charge is 0.243 e. The van der Waals surface area contributed by atoms with E-state index in [1.807, 2.05) is 42.5 Å². The number of methoxy groups -OCH3 is 1. The molecule has 0 saturated carbocycles. The van der Waals surface area contributed by atoms with Gasteiger partial charge in [-0.2, -0.15) is 4.31 Å². The minimum atomic E-state index is -3.68. The van der Waals surface area contributed by atoms with Crippen molar-refractivity contribution in [1.82, 2.24) is 4.31 Å². The quantitative estimate of drug-likeness (QED) is 0.609. The molecule has 0 spiro atoms. The molecule has 0 bridgehead atoms. The van der Waals surface area contributed by atoms with Crippen LogP contribution >= 0.6 is 11.6 Å². The minimum Gasteiger partial charge on any atom is -0.495 e. The summed E-state index contributed by atoms with van der Waals surface area (Å²) in [6.45, 7) is 0.555. The van der Waals surface area contributed by atoms with Crippen LogP contribution in [0.15, 0.2) is 65.6 Å². The third-order valence-corrected chi connectivity index (χ3v) is 7.82. The Morgan fingerprint density at radius 1 is 1.06 bits per heavy atom. The monoisotopic (exact) mass is 458 g/mol. The molecule has 1 heterocycles. The number of carbonyl (C=O) groups is 1. The normalized spacial score (nSPS) is 15.7. The van der Waals surface area contributed by atoms with E-state index in [-0.39, 0.29) is 34.8 Å². The van der Waals surface area contributed by atoms with Crippen molar-refractivity contribution in [2.45, 2.75) is 17.7 Å². The maximum Gasteiger partial charge on any atom is 0.243 e. The van der Waals surface area contributed by atoms with Crippen molar-refractivity contribution >= 4 is 44.0 Å². The predicted octanol–water partition coefficient (Wildman–Crippen LogP) is 4.54. The first-order valence-electron chi connectivity index (χ1n) is 10.0. The van der Waals surface area contributed by atoms with Gasteiger partial charge in [-0.25, -0.2) is 8.42 Å². The average molecular weight is 459 g/mol. The first-order valence-corrected chi connectivity index (χ1v) is 11.8. The maximum absolute atomic E-state index is 13.0. The van der Waals surface area contributed by atoms with E-state index in [1.54, 1.807) is 6.07 Å². The molecule has 8 heteroatoms. The summed E-state index contributed by atoms with van der Waals surface area (Å²) in [5, 5.41) is 5.30. The number of benzene rings is 3. The van der Waals surface area contributed by atoms with Gasteiger partial charge in [0, 0.05) is 30.1 Å². The molecule has 3 aromatic rings. The van der Waals surface area contributed by atoms with Crippen LogP contribution in [0.3, 0.4) is 0 Å². The second-order valence-electron chi connectivity index (χ2n) is 7.49. The van der Waals surface area contributed by atoms with Gasteiger partial charge in [0.05, 0.1) is 17.0 Å². The molecule has 1 aliphatic rings. The molecule has 1 amide bonds. The van der Waals surface area contributed by atoms with Crippen LogP contribution in [0.1, 0.15) is 12.8 Å². The molecule has 0 aromatic heterocycles. The van der Waals surface area contributed by atoms with Crippen LogP contribution in [-0.2, 0) is 14.8 Å². The summed E-state index contributed by atoms with van der Waals surface area (Å²) < 4.78 is 32.5. The van der Waals surface area contributed by atoms with Gasteiger partial charge in [-0.15, -0.1) is 0 Å². The van der Waals surface area contributed by atoms with Gasteiger partial charge in [0.1, 0.15) is 5.75 Å². The summed E-state index contributed by atoms with van der Waals surface area (Å²) in [4.78, 5) is 13.0. The van der Waals surface area contributed by atoms with Gasteiger partial charge in [0.2, 0.25) is 15.9 Å². The number of anilines is 1. The number of nitrogens with zero attached hydrogens (tertiary/aromatic N) is 1. The van der Waals surface area contributed by atoms with Crippen molar-refractivity contribution in [2.24, 2.45) is 5.92 Å². The van der Waals surface area contributed by atoms with E-state index in [2.05, 4.69) is 5.32 Å². The van der Waals surface area contributed by atoms with Crippen LogP contribution in [-0.4, -0.2) is 38.8 Å². The Balaban J connectivity index is 1.43. The van der Waals surface area contributed by atoms with Crippen LogP contribution in [0, 0.1) is 5.92 Å². The molecule has 0 aliphatic carbocycles. The summed E-state index contributed by atoms with van der Waals surface area (Å²) >= 11 is 6.10. The van der Waals surface area contributed by atoms with E-state index in [0.29, 0.717) is 18.6 Å². The number of amides is 1. The lowest BCUT2D eigenvalue weighted by atomic mass is 9.97. The van der Waals surface area contributed by atoms with Gasteiger partial charge >= 0.3 is 0 Å². The standard InChI is InChI=1S/C23H23ClN2O4S/c1-30-22-10-9-18(15-20(22)24)31(28,29)26-13-11-17(12-14-26)23(27)25-21-8-4-6-16-5-2-3-7-19(16)21/h2-10,15,17H,11-14H2,1H3,(H,25,27). The summed E-state index contributed by atoms with van der Waals surface area (Å²) in [7, 11) is -2.21. The van der Waals surface area contributed by atoms with Crippen molar-refractivity contribution in [3.63, 3.8) is 0 Å². The van der Waals surface area contributed by atoms with Crippen molar-refractivity contribution in [3.8, 4) is 5.75 Å². The summed E-state index contributed by atoms with van der Waals surface area (Å²) in [6, 6.07) is 18.1. The largest absolute Gasteiger partial charge is 0.495 e. The fourth-order valence-corrected chi connectivity index (χ4v) is 5.70. The highest BCUT2D eigenvalue weighted by Gasteiger charge is 2.32. The molecule has 3 aromatic carbocycles. The second kappa shape index (κ2) is 8.86.